The van der Waals surface area contributed by atoms with Gasteiger partial charge in [0.25, 0.3) is 10.0 Å². The second-order valence-electron chi connectivity index (χ2n) is 5.15. The highest BCUT2D eigenvalue weighted by atomic mass is 32.2. The van der Waals surface area contributed by atoms with E-state index in [1.807, 2.05) is 0 Å². The summed E-state index contributed by atoms with van der Waals surface area (Å²) in [7, 11) is -2.37. The van der Waals surface area contributed by atoms with Crippen molar-refractivity contribution in [2.45, 2.75) is 17.4 Å². The second-order valence-corrected chi connectivity index (χ2v) is 6.94. The molecule has 2 heterocycles. The lowest BCUT2D eigenvalue weighted by atomic mass is 10.0. The van der Waals surface area contributed by atoms with Gasteiger partial charge in [-0.2, -0.15) is 0 Å². The first-order chi connectivity index (χ1) is 11.5. The Morgan fingerprint density at radius 2 is 2.08 bits per heavy atom. The summed E-state index contributed by atoms with van der Waals surface area (Å²) < 4.78 is 31.9. The third kappa shape index (κ3) is 2.57. The van der Waals surface area contributed by atoms with Gasteiger partial charge in [0, 0.05) is 6.07 Å². The van der Waals surface area contributed by atoms with Crippen LogP contribution in [-0.4, -0.2) is 31.6 Å². The normalized spacial score (nSPS) is 18.1. The van der Waals surface area contributed by atoms with Crippen LogP contribution in [0.25, 0.3) is 0 Å². The molecule has 2 aromatic rings. The molecule has 8 nitrogen and oxygen atoms in total. The molecule has 0 bridgehead atoms. The minimum atomic E-state index is -3.83. The van der Waals surface area contributed by atoms with Crippen molar-refractivity contribution in [1.82, 2.24) is 10.5 Å². The summed E-state index contributed by atoms with van der Waals surface area (Å²) in [5.41, 5.74) is 2.35. The Kier molecular flexibility index (Phi) is 4.12. The van der Waals surface area contributed by atoms with E-state index in [9.17, 15) is 13.2 Å². The van der Waals surface area contributed by atoms with Crippen LogP contribution in [0.4, 0.5) is 5.69 Å². The Bertz CT molecular complexity index is 867. The fourth-order valence-electron chi connectivity index (χ4n) is 2.75. The molecule has 1 atom stereocenters. The van der Waals surface area contributed by atoms with Gasteiger partial charge in [-0.05, 0) is 17.7 Å². The highest BCUT2D eigenvalue weighted by Gasteiger charge is 2.43. The third-order valence-electron chi connectivity index (χ3n) is 3.79. The number of methoxy groups -OCH3 is 1. The van der Waals surface area contributed by atoms with Crippen LogP contribution in [0.3, 0.4) is 0 Å². The number of rotatable bonds is 4. The van der Waals surface area contributed by atoms with E-state index in [0.29, 0.717) is 17.1 Å². The Balaban J connectivity index is 2.12. The predicted molar refractivity (Wildman–Crippen MR) is 84.2 cm³/mol. The number of fused-ring (bicyclic) bond motifs is 1. The number of pyridine rings is 1. The number of carbonyl (C=O) groups is 1. The smallest absolute Gasteiger partial charge is 0.265 e. The van der Waals surface area contributed by atoms with Crippen molar-refractivity contribution in [3.8, 4) is 5.88 Å². The monoisotopic (exact) mass is 349 g/mol. The first-order valence-corrected chi connectivity index (χ1v) is 8.49. The number of hydrogen-bond acceptors (Lipinski definition) is 6. The van der Waals surface area contributed by atoms with Gasteiger partial charge in [0.15, 0.2) is 0 Å². The van der Waals surface area contributed by atoms with E-state index < -0.39 is 22.0 Å². The fourth-order valence-corrected chi connectivity index (χ4v) is 4.62. The lowest BCUT2D eigenvalue weighted by molar-refractivity contribution is -0.129. The molecule has 1 aliphatic rings. The maximum absolute atomic E-state index is 12.9. The van der Waals surface area contributed by atoms with Crippen LogP contribution in [0.15, 0.2) is 47.5 Å². The first kappa shape index (κ1) is 16.2. The number of aromatic nitrogens is 1. The molecule has 0 aliphatic carbocycles. The van der Waals surface area contributed by atoms with Gasteiger partial charge in [-0.1, -0.05) is 18.2 Å². The molecule has 24 heavy (non-hydrogen) atoms. The number of anilines is 1. The highest BCUT2D eigenvalue weighted by Crippen LogP contribution is 2.44. The lowest BCUT2D eigenvalue weighted by Gasteiger charge is -2.24. The molecule has 1 aromatic carbocycles. The maximum Gasteiger partial charge on any atom is 0.265 e. The topological polar surface area (TPSA) is 109 Å². The standard InChI is InChI=1S/C15H15N3O5S/c1-23-15-7-6-10(9-16-15)18-12(8-14(19)17-20)11-4-2-3-5-13(11)24(18,21)22/h2-7,9,12,20H,8H2,1H3,(H,17,19). The van der Waals surface area contributed by atoms with Crippen molar-refractivity contribution in [2.75, 3.05) is 11.4 Å². The zero-order valence-corrected chi connectivity index (χ0v) is 13.5. The van der Waals surface area contributed by atoms with E-state index in [1.165, 1.54) is 25.4 Å². The maximum atomic E-state index is 12.9. The number of nitrogens with one attached hydrogen (secondary N) is 1. The molecule has 0 spiro atoms. The van der Waals surface area contributed by atoms with Crippen LogP contribution >= 0.6 is 0 Å². The highest BCUT2D eigenvalue weighted by molar-refractivity contribution is 7.93. The van der Waals surface area contributed by atoms with Crippen molar-refractivity contribution >= 4 is 21.6 Å². The number of carbonyl (C=O) groups excluding carboxylic acids is 1. The van der Waals surface area contributed by atoms with Gasteiger partial charge in [-0.3, -0.25) is 14.3 Å². The molecule has 0 fully saturated rings. The van der Waals surface area contributed by atoms with E-state index in [0.717, 1.165) is 4.31 Å². The first-order valence-electron chi connectivity index (χ1n) is 7.05. The molecule has 126 valence electrons. The molecular weight excluding hydrogens is 334 g/mol. The van der Waals surface area contributed by atoms with Gasteiger partial charge in [-0.25, -0.2) is 18.9 Å². The minimum Gasteiger partial charge on any atom is -0.481 e. The van der Waals surface area contributed by atoms with Crippen molar-refractivity contribution < 1.29 is 23.2 Å². The number of hydrogen-bond donors (Lipinski definition) is 2. The summed E-state index contributed by atoms with van der Waals surface area (Å²) in [5, 5.41) is 8.80. The Labute approximate surface area is 138 Å². The Morgan fingerprint density at radius 1 is 1.33 bits per heavy atom. The van der Waals surface area contributed by atoms with Crippen LogP contribution in [-0.2, 0) is 14.8 Å². The van der Waals surface area contributed by atoms with Crippen molar-refractivity contribution in [1.29, 1.82) is 0 Å². The van der Waals surface area contributed by atoms with Crippen molar-refractivity contribution in [3.63, 3.8) is 0 Å². The number of amides is 1. The van der Waals surface area contributed by atoms with Crippen LogP contribution in [0.2, 0.25) is 0 Å². The van der Waals surface area contributed by atoms with E-state index in [4.69, 9.17) is 9.94 Å². The van der Waals surface area contributed by atoms with Crippen LogP contribution < -0.4 is 14.5 Å². The molecule has 3 rings (SSSR count). The molecule has 1 aliphatic heterocycles. The molecule has 1 amide bonds. The number of nitrogens with zero attached hydrogens (tertiary/aromatic N) is 2. The Morgan fingerprint density at radius 3 is 2.71 bits per heavy atom. The minimum absolute atomic E-state index is 0.136. The van der Waals surface area contributed by atoms with Crippen molar-refractivity contribution in [2.24, 2.45) is 0 Å². The van der Waals surface area contributed by atoms with Crippen LogP contribution in [0, 0.1) is 0 Å². The third-order valence-corrected chi connectivity index (χ3v) is 5.70. The molecule has 0 saturated heterocycles. The summed E-state index contributed by atoms with van der Waals surface area (Å²) in [6.45, 7) is 0. The quantitative estimate of drug-likeness (QED) is 0.635. The van der Waals surface area contributed by atoms with Gasteiger partial charge in [0.1, 0.15) is 0 Å². The zero-order chi connectivity index (χ0) is 17.3. The largest absolute Gasteiger partial charge is 0.481 e. The van der Waals surface area contributed by atoms with E-state index in [-0.39, 0.29) is 11.3 Å². The fraction of sp³-hybridized carbons (Fsp3) is 0.200. The van der Waals surface area contributed by atoms with Gasteiger partial charge in [0.05, 0.1) is 36.4 Å². The molecule has 2 N–H and O–H groups in total. The number of hydroxylamine groups is 1. The number of ether oxygens (including phenoxy) is 1. The Hall–Kier alpha value is -2.65. The molecule has 0 saturated carbocycles. The van der Waals surface area contributed by atoms with E-state index in [2.05, 4.69) is 4.98 Å². The van der Waals surface area contributed by atoms with Crippen LogP contribution in [0.1, 0.15) is 18.0 Å². The summed E-state index contributed by atoms with van der Waals surface area (Å²) in [6.07, 6.45) is 1.14. The predicted octanol–water partition coefficient (Wildman–Crippen LogP) is 1.24. The van der Waals surface area contributed by atoms with Gasteiger partial charge in [0.2, 0.25) is 11.8 Å². The van der Waals surface area contributed by atoms with Crippen LogP contribution in [0.5, 0.6) is 5.88 Å². The summed E-state index contributed by atoms with van der Waals surface area (Å²) in [4.78, 5) is 15.8. The molecule has 1 aromatic heterocycles. The van der Waals surface area contributed by atoms with Crippen molar-refractivity contribution in [3.05, 3.63) is 48.2 Å². The lowest BCUT2D eigenvalue weighted by Crippen LogP contribution is -2.32. The summed E-state index contributed by atoms with van der Waals surface area (Å²) >= 11 is 0. The second kappa shape index (κ2) is 6.10. The summed E-state index contributed by atoms with van der Waals surface area (Å²) in [6, 6.07) is 8.79. The van der Waals surface area contributed by atoms with Gasteiger partial charge in [-0.15, -0.1) is 0 Å². The SMILES string of the molecule is COc1ccc(N2C(CC(=O)NO)c3ccccc3S2(=O)=O)cn1. The number of benzene rings is 1. The average molecular weight is 349 g/mol. The number of sulfonamides is 1. The molecule has 1 unspecified atom stereocenters. The zero-order valence-electron chi connectivity index (χ0n) is 12.7. The van der Waals surface area contributed by atoms with E-state index >= 15 is 0 Å². The summed E-state index contributed by atoms with van der Waals surface area (Å²) in [5.74, 6) is -0.337. The van der Waals surface area contributed by atoms with E-state index in [1.54, 1.807) is 29.7 Å². The molecular formula is C15H15N3O5S. The molecule has 0 radical (unpaired) electrons. The average Bonchev–Trinajstić information content (AvgIpc) is 2.82. The molecule has 9 heteroatoms. The van der Waals surface area contributed by atoms with Gasteiger partial charge >= 0.3 is 0 Å². The van der Waals surface area contributed by atoms with Gasteiger partial charge < -0.3 is 4.74 Å².